The smallest absolute Gasteiger partial charge is 0.390 e. The van der Waals surface area contributed by atoms with Crippen molar-refractivity contribution in [1.82, 2.24) is 24.8 Å². The molecule has 3 rings (SSSR count). The van der Waals surface area contributed by atoms with Gasteiger partial charge in [-0.3, -0.25) is 10.2 Å². The van der Waals surface area contributed by atoms with E-state index >= 15 is 4.39 Å². The number of guanidine groups is 1. The standard InChI is InChI=1S/C24H32F4N6O4S/c1-5-34(11-10-24(26,27)28)14-20-23(2,32-22(29)33(3)39(20,36)37)17-12-15(6-8-18(17)25)31-21(35)19-9-7-16(38-4)13-30-19/h6-9,13,17,20H,5,10-12,14H2,1-4H3,(H2,29,32)(H,31,35)/t17?,20-,23+/m0/s1. The monoisotopic (exact) mass is 576 g/mol. The summed E-state index contributed by atoms with van der Waals surface area (Å²) in [6, 6.07) is 2.98. The SMILES string of the molecule is CCN(CCC(F)(F)F)C[C@H]1[C@@](C)(C2CC(NC(=O)c3ccc(OC)cn3)=CC=C2F)NC(=N)N(C)S1(=O)=O. The predicted octanol–water partition coefficient (Wildman–Crippen LogP) is 2.78. The summed E-state index contributed by atoms with van der Waals surface area (Å²) in [5.74, 6) is -2.50. The van der Waals surface area contributed by atoms with E-state index < -0.39 is 63.6 Å². The highest BCUT2D eigenvalue weighted by molar-refractivity contribution is 7.90. The average molecular weight is 577 g/mol. The molecule has 0 aromatic carbocycles. The summed E-state index contributed by atoms with van der Waals surface area (Å²) in [5.41, 5.74) is -1.30. The van der Waals surface area contributed by atoms with Gasteiger partial charge < -0.3 is 20.3 Å². The second kappa shape index (κ2) is 11.5. The maximum absolute atomic E-state index is 15.4. The topological polar surface area (TPSA) is 128 Å². The minimum atomic E-state index is -4.44. The van der Waals surface area contributed by atoms with E-state index in [-0.39, 0.29) is 30.9 Å². The molecule has 2 heterocycles. The van der Waals surface area contributed by atoms with Crippen LogP contribution in [0.1, 0.15) is 37.2 Å². The molecule has 0 spiro atoms. The van der Waals surface area contributed by atoms with E-state index in [0.717, 1.165) is 13.1 Å². The first-order valence-corrected chi connectivity index (χ1v) is 13.6. The maximum Gasteiger partial charge on any atom is 0.390 e. The van der Waals surface area contributed by atoms with Crippen molar-refractivity contribution in [3.8, 4) is 5.75 Å². The van der Waals surface area contributed by atoms with Gasteiger partial charge in [0.05, 0.1) is 25.3 Å². The number of carbonyl (C=O) groups excluding carboxylic acids is 1. The van der Waals surface area contributed by atoms with Gasteiger partial charge in [0.2, 0.25) is 16.0 Å². The lowest BCUT2D eigenvalue weighted by Gasteiger charge is -2.51. The second-order valence-corrected chi connectivity index (χ2v) is 11.7. The maximum atomic E-state index is 15.4. The molecule has 1 aromatic rings. The third-order valence-corrected chi connectivity index (χ3v) is 9.40. The van der Waals surface area contributed by atoms with Gasteiger partial charge in [0.1, 0.15) is 22.5 Å². The molecule has 1 aromatic heterocycles. The van der Waals surface area contributed by atoms with Gasteiger partial charge in [0.25, 0.3) is 5.91 Å². The summed E-state index contributed by atoms with van der Waals surface area (Å²) in [7, 11) is -1.67. The van der Waals surface area contributed by atoms with Crippen molar-refractivity contribution in [1.29, 1.82) is 5.41 Å². The molecule has 15 heteroatoms. The van der Waals surface area contributed by atoms with Gasteiger partial charge >= 0.3 is 6.18 Å². The zero-order valence-corrected chi connectivity index (χ0v) is 22.8. The number of rotatable bonds is 9. The van der Waals surface area contributed by atoms with E-state index in [1.807, 2.05) is 0 Å². The molecule has 39 heavy (non-hydrogen) atoms. The number of hydrogen-bond acceptors (Lipinski definition) is 7. The van der Waals surface area contributed by atoms with Crippen LogP contribution in [0.15, 0.2) is 42.0 Å². The highest BCUT2D eigenvalue weighted by Crippen LogP contribution is 2.41. The van der Waals surface area contributed by atoms with Gasteiger partial charge in [-0.05, 0) is 44.2 Å². The van der Waals surface area contributed by atoms with Crippen LogP contribution in [0, 0.1) is 11.3 Å². The highest BCUT2D eigenvalue weighted by Gasteiger charge is 2.56. The van der Waals surface area contributed by atoms with Crippen molar-refractivity contribution in [2.45, 2.75) is 43.7 Å². The number of allylic oxidation sites excluding steroid dienone is 3. The number of carbonyl (C=O) groups is 1. The summed E-state index contributed by atoms with van der Waals surface area (Å²) in [4.78, 5) is 18.1. The van der Waals surface area contributed by atoms with Crippen molar-refractivity contribution < 1.29 is 35.5 Å². The Morgan fingerprint density at radius 3 is 2.62 bits per heavy atom. The van der Waals surface area contributed by atoms with Crippen LogP contribution in [0.4, 0.5) is 17.6 Å². The van der Waals surface area contributed by atoms with Crippen LogP contribution in [0.25, 0.3) is 0 Å². The van der Waals surface area contributed by atoms with Crippen LogP contribution < -0.4 is 15.4 Å². The van der Waals surface area contributed by atoms with Gasteiger partial charge in [-0.2, -0.15) is 13.2 Å². The Morgan fingerprint density at radius 2 is 2.05 bits per heavy atom. The average Bonchev–Trinajstić information content (AvgIpc) is 2.87. The molecule has 0 radical (unpaired) electrons. The number of methoxy groups -OCH3 is 1. The summed E-state index contributed by atoms with van der Waals surface area (Å²) >= 11 is 0. The number of halogens is 4. The molecule has 10 nitrogen and oxygen atoms in total. The first kappa shape index (κ1) is 30.3. The first-order chi connectivity index (χ1) is 18.1. The molecule has 0 bridgehead atoms. The minimum absolute atomic E-state index is 0.0670. The molecule has 1 aliphatic heterocycles. The Kier molecular flexibility index (Phi) is 8.95. The third-order valence-electron chi connectivity index (χ3n) is 7.10. The quantitative estimate of drug-likeness (QED) is 0.386. The molecule has 1 amide bonds. The molecule has 1 fully saturated rings. The number of hydrogen-bond donors (Lipinski definition) is 3. The van der Waals surface area contributed by atoms with Crippen molar-refractivity contribution >= 4 is 21.9 Å². The fraction of sp³-hybridized carbons (Fsp3) is 0.542. The lowest BCUT2D eigenvalue weighted by atomic mass is 9.76. The number of nitrogens with zero attached hydrogens (tertiary/aromatic N) is 3. The van der Waals surface area contributed by atoms with Gasteiger partial charge in [0, 0.05) is 31.8 Å². The number of amides is 1. The van der Waals surface area contributed by atoms with Crippen LogP contribution in [0.5, 0.6) is 5.75 Å². The zero-order valence-electron chi connectivity index (χ0n) is 22.0. The summed E-state index contributed by atoms with van der Waals surface area (Å²) in [6.45, 7) is 2.39. The molecule has 3 atom stereocenters. The zero-order chi connectivity index (χ0) is 29.2. The number of pyridine rings is 1. The lowest BCUT2D eigenvalue weighted by molar-refractivity contribution is -0.137. The molecule has 3 N–H and O–H groups in total. The Morgan fingerprint density at radius 1 is 1.36 bits per heavy atom. The van der Waals surface area contributed by atoms with Gasteiger partial charge in [-0.15, -0.1) is 0 Å². The third kappa shape index (κ3) is 6.69. The summed E-state index contributed by atoms with van der Waals surface area (Å²) < 4.78 is 86.8. The van der Waals surface area contributed by atoms with E-state index in [0.29, 0.717) is 10.1 Å². The minimum Gasteiger partial charge on any atom is -0.495 e. The first-order valence-electron chi connectivity index (χ1n) is 12.1. The van der Waals surface area contributed by atoms with Crippen molar-refractivity contribution in [2.75, 3.05) is 33.8 Å². The van der Waals surface area contributed by atoms with E-state index in [4.69, 9.17) is 10.1 Å². The largest absolute Gasteiger partial charge is 0.495 e. The number of sulfonamides is 1. The van der Waals surface area contributed by atoms with E-state index in [9.17, 15) is 26.4 Å². The van der Waals surface area contributed by atoms with Gasteiger partial charge in [-0.25, -0.2) is 22.1 Å². The lowest BCUT2D eigenvalue weighted by Crippen LogP contribution is -2.72. The number of nitrogens with one attached hydrogen (secondary N) is 3. The molecule has 216 valence electrons. The van der Waals surface area contributed by atoms with Crippen LogP contribution in [0.2, 0.25) is 0 Å². The second-order valence-electron chi connectivity index (χ2n) is 9.55. The molecular weight excluding hydrogens is 544 g/mol. The van der Waals surface area contributed by atoms with E-state index in [2.05, 4.69) is 15.6 Å². The Labute approximate surface area is 224 Å². The van der Waals surface area contributed by atoms with Crippen LogP contribution in [0.3, 0.4) is 0 Å². The van der Waals surface area contributed by atoms with Crippen molar-refractivity contribution in [2.24, 2.45) is 5.92 Å². The van der Waals surface area contributed by atoms with E-state index in [1.54, 1.807) is 13.0 Å². The van der Waals surface area contributed by atoms with Crippen molar-refractivity contribution in [3.05, 3.63) is 47.7 Å². The van der Waals surface area contributed by atoms with Crippen LogP contribution in [-0.2, 0) is 10.0 Å². The highest BCUT2D eigenvalue weighted by atomic mass is 32.2. The number of alkyl halides is 3. The summed E-state index contributed by atoms with van der Waals surface area (Å²) in [5, 5.41) is 12.2. The van der Waals surface area contributed by atoms with Crippen LogP contribution in [-0.4, -0.2) is 85.2 Å². The number of ether oxygens (including phenoxy) is 1. The Balaban J connectivity index is 1.89. The fourth-order valence-electron chi connectivity index (χ4n) is 4.65. The summed E-state index contributed by atoms with van der Waals surface area (Å²) in [6.07, 6.45) is -1.92. The van der Waals surface area contributed by atoms with Gasteiger partial charge in [0.15, 0.2) is 0 Å². The molecule has 2 aliphatic rings. The van der Waals surface area contributed by atoms with Crippen molar-refractivity contribution in [3.63, 3.8) is 0 Å². The van der Waals surface area contributed by atoms with E-state index in [1.165, 1.54) is 37.3 Å². The molecule has 1 saturated heterocycles. The van der Waals surface area contributed by atoms with Gasteiger partial charge in [-0.1, -0.05) is 6.92 Å². The Hall–Kier alpha value is -3.20. The Bertz CT molecular complexity index is 1250. The molecule has 1 aliphatic carbocycles. The normalized spacial score (nSPS) is 25.1. The predicted molar refractivity (Wildman–Crippen MR) is 136 cm³/mol. The molecular formula is C24H32F4N6O4S. The fourth-order valence-corrected chi connectivity index (χ4v) is 6.58. The number of aromatic nitrogens is 1. The molecule has 1 unspecified atom stereocenters. The van der Waals surface area contributed by atoms with Crippen LogP contribution >= 0.6 is 0 Å². The molecule has 0 saturated carbocycles.